The number of amides is 1. The Morgan fingerprint density at radius 1 is 1.42 bits per heavy atom. The van der Waals surface area contributed by atoms with E-state index in [1.165, 1.54) is 23.3 Å². The zero-order chi connectivity index (χ0) is 14.0. The molecule has 1 aromatic heterocycles. The zero-order valence-electron chi connectivity index (χ0n) is 12.0. The number of aryl methyl sites for hydroxylation is 1. The lowest BCUT2D eigenvalue weighted by Crippen LogP contribution is -2.39. The summed E-state index contributed by atoms with van der Waals surface area (Å²) in [5.41, 5.74) is 1.85. The van der Waals surface area contributed by atoms with Gasteiger partial charge in [0.25, 0.3) is 5.91 Å². The molecule has 0 aliphatic heterocycles. The van der Waals surface area contributed by atoms with E-state index >= 15 is 0 Å². The van der Waals surface area contributed by atoms with Crippen molar-refractivity contribution in [3.05, 3.63) is 21.4 Å². The second kappa shape index (κ2) is 5.63. The molecule has 106 valence electrons. The molecule has 0 saturated carbocycles. The average molecular weight is 281 g/mol. The van der Waals surface area contributed by atoms with Crippen LogP contribution in [0, 0.1) is 5.41 Å². The number of carbonyl (C=O) groups excluding carboxylic acids is 1. The molecule has 19 heavy (non-hydrogen) atoms. The highest BCUT2D eigenvalue weighted by molar-refractivity contribution is 7.10. The lowest BCUT2D eigenvalue weighted by Gasteiger charge is -2.26. The van der Waals surface area contributed by atoms with Gasteiger partial charge in [-0.2, -0.15) is 0 Å². The van der Waals surface area contributed by atoms with Crippen LogP contribution in [0.3, 0.4) is 0 Å². The van der Waals surface area contributed by atoms with Crippen LogP contribution < -0.4 is 5.32 Å². The van der Waals surface area contributed by atoms with Crippen molar-refractivity contribution in [2.45, 2.75) is 52.6 Å². The highest BCUT2D eigenvalue weighted by atomic mass is 32.1. The fourth-order valence-corrected chi connectivity index (χ4v) is 3.40. The smallest absolute Gasteiger partial charge is 0.252 e. The van der Waals surface area contributed by atoms with Crippen LogP contribution in [0.5, 0.6) is 0 Å². The van der Waals surface area contributed by atoms with E-state index in [-0.39, 0.29) is 11.3 Å². The van der Waals surface area contributed by atoms with Gasteiger partial charge < -0.3 is 10.4 Å². The molecule has 3 nitrogen and oxygen atoms in total. The normalized spacial score (nSPS) is 16.8. The molecule has 1 aromatic rings. The summed E-state index contributed by atoms with van der Waals surface area (Å²) in [6.45, 7) is 6.22. The highest BCUT2D eigenvalue weighted by Gasteiger charge is 2.24. The van der Waals surface area contributed by atoms with Crippen molar-refractivity contribution in [3.8, 4) is 0 Å². The van der Waals surface area contributed by atoms with E-state index in [9.17, 15) is 9.90 Å². The van der Waals surface area contributed by atoms with E-state index in [0.717, 1.165) is 18.4 Å². The summed E-state index contributed by atoms with van der Waals surface area (Å²) in [5, 5.41) is 14.8. The van der Waals surface area contributed by atoms with Gasteiger partial charge in [0.1, 0.15) is 0 Å². The van der Waals surface area contributed by atoms with E-state index in [1.807, 2.05) is 26.2 Å². The largest absolute Gasteiger partial charge is 0.391 e. The molecule has 0 fully saturated rings. The Morgan fingerprint density at radius 3 is 2.79 bits per heavy atom. The van der Waals surface area contributed by atoms with Gasteiger partial charge >= 0.3 is 0 Å². The van der Waals surface area contributed by atoms with Gasteiger partial charge in [-0.1, -0.05) is 20.8 Å². The van der Waals surface area contributed by atoms with Crippen LogP contribution in [0.1, 0.15) is 54.4 Å². The topological polar surface area (TPSA) is 49.3 Å². The second-order valence-corrected chi connectivity index (χ2v) is 7.31. The minimum absolute atomic E-state index is 0.0392. The summed E-state index contributed by atoms with van der Waals surface area (Å²) >= 11 is 1.70. The first-order valence-corrected chi connectivity index (χ1v) is 7.83. The Bertz CT molecular complexity index is 459. The van der Waals surface area contributed by atoms with Crippen LogP contribution in [0.25, 0.3) is 0 Å². The molecule has 4 heteroatoms. The number of fused-ring (bicyclic) bond motifs is 1. The van der Waals surface area contributed by atoms with Gasteiger partial charge in [-0.25, -0.2) is 0 Å². The Labute approximate surface area is 119 Å². The molecule has 0 bridgehead atoms. The van der Waals surface area contributed by atoms with E-state index in [0.29, 0.717) is 6.54 Å². The first kappa shape index (κ1) is 14.5. The lowest BCUT2D eigenvalue weighted by atomic mass is 9.89. The van der Waals surface area contributed by atoms with Crippen molar-refractivity contribution >= 4 is 17.2 Å². The first-order valence-electron chi connectivity index (χ1n) is 6.95. The summed E-state index contributed by atoms with van der Waals surface area (Å²) < 4.78 is 0. The van der Waals surface area contributed by atoms with Gasteiger partial charge in [0, 0.05) is 16.8 Å². The Hall–Kier alpha value is -0.870. The predicted octanol–water partition coefficient (Wildman–Crippen LogP) is 2.76. The standard InChI is InChI=1S/C15H23NO2S/c1-15(2,3)13(17)8-16-14(18)11-9-19-12-7-5-4-6-10(11)12/h9,13,17H,4-8H2,1-3H3,(H,16,18). The molecule has 0 radical (unpaired) electrons. The third-order valence-electron chi connectivity index (χ3n) is 3.76. The lowest BCUT2D eigenvalue weighted by molar-refractivity contribution is 0.0586. The quantitative estimate of drug-likeness (QED) is 0.895. The Morgan fingerprint density at radius 2 is 2.11 bits per heavy atom. The Kier molecular flexibility index (Phi) is 4.31. The average Bonchev–Trinajstić information content (AvgIpc) is 2.78. The van der Waals surface area contributed by atoms with Crippen molar-refractivity contribution in [3.63, 3.8) is 0 Å². The summed E-state index contributed by atoms with van der Waals surface area (Å²) in [5.74, 6) is -0.0392. The number of nitrogens with one attached hydrogen (secondary N) is 1. The van der Waals surface area contributed by atoms with Crippen molar-refractivity contribution in [2.24, 2.45) is 5.41 Å². The molecule has 1 aliphatic carbocycles. The maximum Gasteiger partial charge on any atom is 0.252 e. The monoisotopic (exact) mass is 281 g/mol. The van der Waals surface area contributed by atoms with E-state index in [2.05, 4.69) is 5.32 Å². The SMILES string of the molecule is CC(C)(C)C(O)CNC(=O)c1csc2c1CCCC2. The third-order valence-corrected chi connectivity index (χ3v) is 4.85. The van der Waals surface area contributed by atoms with Crippen LogP contribution in [0.2, 0.25) is 0 Å². The molecule has 1 unspecified atom stereocenters. The van der Waals surface area contributed by atoms with Gasteiger partial charge in [-0.05, 0) is 36.7 Å². The summed E-state index contributed by atoms with van der Waals surface area (Å²) in [7, 11) is 0. The van der Waals surface area contributed by atoms with Crippen LogP contribution in [-0.4, -0.2) is 23.7 Å². The number of thiophene rings is 1. The molecule has 1 atom stereocenters. The maximum absolute atomic E-state index is 12.2. The molecular formula is C15H23NO2S. The van der Waals surface area contributed by atoms with Gasteiger partial charge in [0.15, 0.2) is 0 Å². The zero-order valence-corrected chi connectivity index (χ0v) is 12.8. The molecule has 2 rings (SSSR count). The molecular weight excluding hydrogens is 258 g/mol. The Balaban J connectivity index is 1.99. The van der Waals surface area contributed by atoms with Crippen molar-refractivity contribution < 1.29 is 9.90 Å². The highest BCUT2D eigenvalue weighted by Crippen LogP contribution is 2.30. The fraction of sp³-hybridized carbons (Fsp3) is 0.667. The van der Waals surface area contributed by atoms with Crippen molar-refractivity contribution in [1.29, 1.82) is 0 Å². The van der Waals surface area contributed by atoms with Crippen molar-refractivity contribution in [2.75, 3.05) is 6.54 Å². The van der Waals surface area contributed by atoms with E-state index in [1.54, 1.807) is 11.3 Å². The van der Waals surface area contributed by atoms with Gasteiger partial charge in [0.2, 0.25) is 0 Å². The molecule has 0 spiro atoms. The van der Waals surface area contributed by atoms with Crippen LogP contribution in [0.4, 0.5) is 0 Å². The van der Waals surface area contributed by atoms with Gasteiger partial charge in [0.05, 0.1) is 11.7 Å². The summed E-state index contributed by atoms with van der Waals surface area (Å²) in [4.78, 5) is 13.6. The minimum atomic E-state index is -0.522. The molecule has 0 saturated heterocycles. The second-order valence-electron chi connectivity index (χ2n) is 6.35. The minimum Gasteiger partial charge on any atom is -0.391 e. The van der Waals surface area contributed by atoms with E-state index in [4.69, 9.17) is 0 Å². The van der Waals surface area contributed by atoms with Gasteiger partial charge in [-0.3, -0.25) is 4.79 Å². The number of hydrogen-bond donors (Lipinski definition) is 2. The maximum atomic E-state index is 12.2. The summed E-state index contributed by atoms with van der Waals surface area (Å²) in [6.07, 6.45) is 4.01. The molecule has 0 aromatic carbocycles. The number of rotatable bonds is 3. The van der Waals surface area contributed by atoms with Crippen LogP contribution >= 0.6 is 11.3 Å². The summed E-state index contributed by atoms with van der Waals surface area (Å²) in [6, 6.07) is 0. The van der Waals surface area contributed by atoms with Crippen molar-refractivity contribution in [1.82, 2.24) is 5.32 Å². The number of hydrogen-bond acceptors (Lipinski definition) is 3. The third kappa shape index (κ3) is 3.37. The molecule has 2 N–H and O–H groups in total. The predicted molar refractivity (Wildman–Crippen MR) is 78.8 cm³/mol. The van der Waals surface area contributed by atoms with Crippen LogP contribution in [-0.2, 0) is 12.8 Å². The van der Waals surface area contributed by atoms with Crippen LogP contribution in [0.15, 0.2) is 5.38 Å². The first-order chi connectivity index (χ1) is 8.89. The molecule has 1 aliphatic rings. The molecule has 1 heterocycles. The number of aliphatic hydroxyl groups is 1. The fourth-order valence-electron chi connectivity index (χ4n) is 2.28. The number of carbonyl (C=O) groups is 1. The number of aliphatic hydroxyl groups excluding tert-OH is 1. The van der Waals surface area contributed by atoms with Gasteiger partial charge in [-0.15, -0.1) is 11.3 Å². The van der Waals surface area contributed by atoms with E-state index < -0.39 is 6.10 Å². The molecule has 1 amide bonds.